The number of benzene rings is 1. The Bertz CT molecular complexity index is 591. The predicted octanol–water partition coefficient (Wildman–Crippen LogP) is 3.43. The quantitative estimate of drug-likeness (QED) is 0.861. The molecule has 0 saturated heterocycles. The van der Waals surface area contributed by atoms with Crippen LogP contribution in [0.2, 0.25) is 0 Å². The third-order valence-electron chi connectivity index (χ3n) is 3.11. The zero-order chi connectivity index (χ0) is 12.0. The number of hydrogen-bond donors (Lipinski definition) is 1. The second kappa shape index (κ2) is 3.65. The largest absolute Gasteiger partial charge is 0.387 e. The second-order valence-electron chi connectivity index (χ2n) is 4.40. The monoisotopic (exact) mass is 234 g/mol. The van der Waals surface area contributed by atoms with Gasteiger partial charge in [-0.25, -0.2) is 8.78 Å². The van der Waals surface area contributed by atoms with Crippen LogP contribution in [0.1, 0.15) is 24.5 Å². The minimum Gasteiger partial charge on any atom is -0.387 e. The Hall–Kier alpha value is -1.71. The molecule has 1 N–H and O–H groups in total. The van der Waals surface area contributed by atoms with Gasteiger partial charge in [-0.15, -0.1) is 0 Å². The Labute approximate surface area is 97.7 Å². The van der Waals surface area contributed by atoms with Gasteiger partial charge in [-0.3, -0.25) is 4.98 Å². The van der Waals surface area contributed by atoms with Gasteiger partial charge in [0.15, 0.2) is 0 Å². The summed E-state index contributed by atoms with van der Waals surface area (Å²) in [6, 6.07) is 4.04. The second-order valence-corrected chi connectivity index (χ2v) is 4.40. The molecule has 1 aromatic heterocycles. The highest BCUT2D eigenvalue weighted by Crippen LogP contribution is 2.41. The van der Waals surface area contributed by atoms with E-state index < -0.39 is 11.6 Å². The van der Waals surface area contributed by atoms with Crippen LogP contribution in [0.4, 0.5) is 14.5 Å². The summed E-state index contributed by atoms with van der Waals surface area (Å²) in [4.78, 5) is 4.35. The first-order valence-electron chi connectivity index (χ1n) is 5.66. The fourth-order valence-corrected chi connectivity index (χ4v) is 2.09. The molecule has 88 valence electrons. The van der Waals surface area contributed by atoms with Crippen LogP contribution >= 0.6 is 0 Å². The molecular weight excluding hydrogens is 222 g/mol. The van der Waals surface area contributed by atoms with E-state index in [0.29, 0.717) is 22.5 Å². The average Bonchev–Trinajstić information content (AvgIpc) is 3.10. The number of halogens is 2. The Kier molecular flexibility index (Phi) is 2.24. The number of anilines is 1. The molecule has 0 atom stereocenters. The lowest BCUT2D eigenvalue weighted by molar-refractivity contribution is 0.591. The molecule has 0 spiro atoms. The van der Waals surface area contributed by atoms with Gasteiger partial charge in [-0.2, -0.15) is 0 Å². The van der Waals surface area contributed by atoms with Gasteiger partial charge in [0, 0.05) is 36.5 Å². The molecule has 1 aromatic carbocycles. The van der Waals surface area contributed by atoms with Crippen molar-refractivity contribution in [1.29, 1.82) is 0 Å². The van der Waals surface area contributed by atoms with Crippen molar-refractivity contribution in [2.45, 2.75) is 18.8 Å². The van der Waals surface area contributed by atoms with Gasteiger partial charge in [-0.05, 0) is 18.9 Å². The molecule has 0 radical (unpaired) electrons. The minimum absolute atomic E-state index is 0.360. The van der Waals surface area contributed by atoms with Gasteiger partial charge in [0.1, 0.15) is 11.6 Å². The molecule has 0 amide bonds. The van der Waals surface area contributed by atoms with Gasteiger partial charge in [0.25, 0.3) is 0 Å². The molecule has 4 heteroatoms. The van der Waals surface area contributed by atoms with Gasteiger partial charge in [0.05, 0.1) is 10.9 Å². The molecule has 1 fully saturated rings. The van der Waals surface area contributed by atoms with Gasteiger partial charge >= 0.3 is 0 Å². The number of hydrogen-bond acceptors (Lipinski definition) is 2. The van der Waals surface area contributed by atoms with E-state index in [0.717, 1.165) is 24.6 Å². The van der Waals surface area contributed by atoms with Crippen LogP contribution in [0, 0.1) is 11.6 Å². The summed E-state index contributed by atoms with van der Waals surface area (Å²) >= 11 is 0. The Balaban J connectivity index is 2.31. The zero-order valence-electron chi connectivity index (χ0n) is 9.43. The molecular formula is C13H12F2N2. The van der Waals surface area contributed by atoms with Crippen LogP contribution in [0.15, 0.2) is 18.2 Å². The molecule has 0 aliphatic heterocycles. The number of nitrogens with one attached hydrogen (secondary N) is 1. The molecule has 3 rings (SSSR count). The summed E-state index contributed by atoms with van der Waals surface area (Å²) in [6.07, 6.45) is 2.22. The van der Waals surface area contributed by atoms with Gasteiger partial charge in [-0.1, -0.05) is 0 Å². The molecule has 2 aromatic rings. The average molecular weight is 234 g/mol. The Morgan fingerprint density at radius 2 is 2.00 bits per heavy atom. The Morgan fingerprint density at radius 3 is 2.65 bits per heavy atom. The topological polar surface area (TPSA) is 24.9 Å². The first kappa shape index (κ1) is 10.4. The highest BCUT2D eigenvalue weighted by Gasteiger charge is 2.26. The van der Waals surface area contributed by atoms with Crippen molar-refractivity contribution in [3.05, 3.63) is 35.5 Å². The van der Waals surface area contributed by atoms with Crippen LogP contribution in [0.5, 0.6) is 0 Å². The molecule has 0 bridgehead atoms. The third-order valence-corrected chi connectivity index (χ3v) is 3.11. The normalized spacial score (nSPS) is 15.2. The van der Waals surface area contributed by atoms with E-state index in [9.17, 15) is 8.78 Å². The van der Waals surface area contributed by atoms with Crippen LogP contribution in [0.25, 0.3) is 10.9 Å². The van der Waals surface area contributed by atoms with Crippen molar-refractivity contribution in [2.24, 2.45) is 0 Å². The fraction of sp³-hybridized carbons (Fsp3) is 0.308. The van der Waals surface area contributed by atoms with E-state index >= 15 is 0 Å². The van der Waals surface area contributed by atoms with E-state index in [1.54, 1.807) is 7.05 Å². The molecule has 2 nitrogen and oxygen atoms in total. The van der Waals surface area contributed by atoms with Crippen molar-refractivity contribution >= 4 is 16.6 Å². The SMILES string of the molecule is CNc1cc(C2CC2)nc2cc(F)cc(F)c12. The molecule has 17 heavy (non-hydrogen) atoms. The summed E-state index contributed by atoms with van der Waals surface area (Å²) < 4.78 is 26.9. The first-order valence-corrected chi connectivity index (χ1v) is 5.66. The lowest BCUT2D eigenvalue weighted by Gasteiger charge is -2.09. The maximum atomic E-state index is 13.7. The van der Waals surface area contributed by atoms with Crippen molar-refractivity contribution in [3.8, 4) is 0 Å². The maximum Gasteiger partial charge on any atom is 0.137 e. The first-order chi connectivity index (χ1) is 8.19. The van der Waals surface area contributed by atoms with Crippen LogP contribution in [0.3, 0.4) is 0 Å². The zero-order valence-corrected chi connectivity index (χ0v) is 9.43. The number of fused-ring (bicyclic) bond motifs is 1. The summed E-state index contributed by atoms with van der Waals surface area (Å²) in [7, 11) is 1.73. The minimum atomic E-state index is -0.586. The van der Waals surface area contributed by atoms with Crippen LogP contribution < -0.4 is 5.32 Å². The summed E-state index contributed by atoms with van der Waals surface area (Å²) in [5, 5.41) is 3.31. The molecule has 1 aliphatic rings. The van der Waals surface area contributed by atoms with Gasteiger partial charge < -0.3 is 5.32 Å². The number of nitrogens with zero attached hydrogens (tertiary/aromatic N) is 1. The number of rotatable bonds is 2. The standard InChI is InChI=1S/C13H12F2N2/c1-16-11-6-10(7-2-3-7)17-12-5-8(14)4-9(15)13(11)12/h4-7H,2-3H2,1H3,(H,16,17). The smallest absolute Gasteiger partial charge is 0.137 e. The third kappa shape index (κ3) is 1.73. The summed E-state index contributed by atoms with van der Waals surface area (Å²) in [6.45, 7) is 0. The molecule has 0 unspecified atom stereocenters. The van der Waals surface area contributed by atoms with Crippen molar-refractivity contribution in [3.63, 3.8) is 0 Å². The highest BCUT2D eigenvalue weighted by atomic mass is 19.1. The summed E-state index contributed by atoms with van der Waals surface area (Å²) in [5.74, 6) is -0.700. The molecule has 1 aliphatic carbocycles. The van der Waals surface area contributed by atoms with Gasteiger partial charge in [0.2, 0.25) is 0 Å². The lowest BCUT2D eigenvalue weighted by atomic mass is 10.1. The van der Waals surface area contributed by atoms with E-state index in [-0.39, 0.29) is 0 Å². The summed E-state index contributed by atoms with van der Waals surface area (Å²) in [5.41, 5.74) is 1.98. The Morgan fingerprint density at radius 1 is 1.24 bits per heavy atom. The van der Waals surface area contributed by atoms with E-state index in [1.807, 2.05) is 6.07 Å². The van der Waals surface area contributed by atoms with E-state index in [1.165, 1.54) is 6.07 Å². The van der Waals surface area contributed by atoms with E-state index in [2.05, 4.69) is 10.3 Å². The lowest BCUT2D eigenvalue weighted by Crippen LogP contribution is -1.98. The van der Waals surface area contributed by atoms with Crippen LogP contribution in [-0.2, 0) is 0 Å². The number of aromatic nitrogens is 1. The molecule has 1 heterocycles. The predicted molar refractivity (Wildman–Crippen MR) is 63.2 cm³/mol. The van der Waals surface area contributed by atoms with Crippen LogP contribution in [-0.4, -0.2) is 12.0 Å². The highest BCUT2D eigenvalue weighted by molar-refractivity contribution is 5.92. The molecule has 1 saturated carbocycles. The van der Waals surface area contributed by atoms with Crippen molar-refractivity contribution in [2.75, 3.05) is 12.4 Å². The number of pyridine rings is 1. The van der Waals surface area contributed by atoms with Crippen molar-refractivity contribution < 1.29 is 8.78 Å². The van der Waals surface area contributed by atoms with Crippen molar-refractivity contribution in [1.82, 2.24) is 4.98 Å². The fourth-order valence-electron chi connectivity index (χ4n) is 2.09. The maximum absolute atomic E-state index is 13.7. The van der Waals surface area contributed by atoms with E-state index in [4.69, 9.17) is 0 Å².